The molecule has 0 aromatic heterocycles. The van der Waals surface area contributed by atoms with E-state index in [1.807, 2.05) is 21.1 Å². The van der Waals surface area contributed by atoms with Gasteiger partial charge >= 0.3 is 11.9 Å². The average Bonchev–Trinajstić information content (AvgIpc) is 3.75. The van der Waals surface area contributed by atoms with E-state index in [1.54, 1.807) is 0 Å². The number of allylic oxidation sites excluding steroid dienone is 36. The Morgan fingerprint density at radius 3 is 0.853 bits per heavy atom. The SMILES string of the molecule is CC/C=C\C/C=C\C/C=C\C/C=C\C/C=C\C/C=C\C/C=C\C/C=C\C/C=C\C/C=C\C/C=C\CCCCCC(=O)OC(COC(=O)CCCCCCCCCCCCC/C=C\C/C=C\C/C=C\C/C=C\C/C=C\C/C=C\C/C=C\CC)COC(OCC[N+](C)(C)C)C(=O)[O-]. The van der Waals surface area contributed by atoms with E-state index in [0.717, 1.165) is 167 Å². The van der Waals surface area contributed by atoms with Crippen LogP contribution in [-0.2, 0) is 33.3 Å². The lowest BCUT2D eigenvalue weighted by molar-refractivity contribution is -0.870. The summed E-state index contributed by atoms with van der Waals surface area (Å²) in [5.74, 6) is -2.36. The first-order valence-electron chi connectivity index (χ1n) is 36.9. The van der Waals surface area contributed by atoms with Gasteiger partial charge in [0.1, 0.15) is 13.2 Å². The molecular weight excluding hydrogens is 1170 g/mol. The standard InChI is InChI=1S/C86H133NO8/c1-6-8-10-12-14-16-18-20-22-24-26-28-30-32-34-36-38-40-41-42-43-45-47-49-51-53-55-57-59-61-63-65-67-69-71-73-75-77-84(89)95-82(81-94-86(85(90)91)92-79-78-87(3,4)5)80-93-83(88)76-74-72-70-68-66-64-62-60-58-56-54-52-50-48-46-44-39-37-35-33-31-29-27-25-23-21-19-17-15-13-11-9-7-2/h8-11,14-17,20-23,26-29,32-35,38-40,42-44,47-50,53,55,59,61,65,67,82,86H,6-7,12-13,18-19,24-25,30-31,36-37,41,45-46,51-52,54,56-58,60,62-64,66,68-81H2,1-5H3/b10-8-,11-9-,16-14-,17-15-,22-20-,23-21-,28-26-,29-27-,34-32-,35-33-,40-38-,43-42-,44-39-,49-47-,50-48-,55-53-,61-59-,67-65-. The van der Waals surface area contributed by atoms with Gasteiger partial charge in [-0.1, -0.05) is 297 Å². The molecule has 0 aliphatic heterocycles. The van der Waals surface area contributed by atoms with Crippen molar-refractivity contribution in [1.29, 1.82) is 0 Å². The van der Waals surface area contributed by atoms with Crippen LogP contribution >= 0.6 is 0 Å². The van der Waals surface area contributed by atoms with Crippen molar-refractivity contribution in [3.63, 3.8) is 0 Å². The number of esters is 2. The molecule has 0 saturated heterocycles. The van der Waals surface area contributed by atoms with Crippen molar-refractivity contribution in [3.8, 4) is 0 Å². The third kappa shape index (κ3) is 74.9. The van der Waals surface area contributed by atoms with Crippen LogP contribution in [0.2, 0.25) is 0 Å². The van der Waals surface area contributed by atoms with Crippen LogP contribution in [-0.4, -0.2) is 82.3 Å². The molecule has 0 fully saturated rings. The molecule has 2 atom stereocenters. The Kier molecular flexibility index (Phi) is 68.5. The average molecular weight is 1310 g/mol. The summed E-state index contributed by atoms with van der Waals surface area (Å²) >= 11 is 0. The zero-order valence-electron chi connectivity index (χ0n) is 60.4. The summed E-state index contributed by atoms with van der Waals surface area (Å²) in [5, 5.41) is 11.8. The summed E-state index contributed by atoms with van der Waals surface area (Å²) in [5.41, 5.74) is 0. The second-order valence-corrected chi connectivity index (χ2v) is 24.8. The number of carboxylic acid groups (broad SMARTS) is 1. The Bertz CT molecular complexity index is 2370. The minimum absolute atomic E-state index is 0.128. The van der Waals surface area contributed by atoms with Gasteiger partial charge in [0.15, 0.2) is 12.4 Å². The third-order valence-corrected chi connectivity index (χ3v) is 14.7. The van der Waals surface area contributed by atoms with E-state index in [0.29, 0.717) is 17.4 Å². The molecule has 9 heteroatoms. The maximum absolute atomic E-state index is 12.9. The maximum atomic E-state index is 12.9. The molecule has 0 heterocycles. The van der Waals surface area contributed by atoms with Gasteiger partial charge in [0, 0.05) is 12.8 Å². The van der Waals surface area contributed by atoms with Gasteiger partial charge in [0.2, 0.25) is 0 Å². The fourth-order valence-electron chi connectivity index (χ4n) is 9.17. The lowest BCUT2D eigenvalue weighted by Crippen LogP contribution is -2.44. The largest absolute Gasteiger partial charge is 0.545 e. The van der Waals surface area contributed by atoms with Gasteiger partial charge in [-0.15, -0.1) is 0 Å². The third-order valence-electron chi connectivity index (χ3n) is 14.7. The molecule has 0 saturated carbocycles. The summed E-state index contributed by atoms with van der Waals surface area (Å²) in [4.78, 5) is 37.5. The molecule has 0 amide bonds. The van der Waals surface area contributed by atoms with Gasteiger partial charge in [0.25, 0.3) is 0 Å². The molecule has 0 radical (unpaired) electrons. The fourth-order valence-corrected chi connectivity index (χ4v) is 9.17. The molecular formula is C86H133NO8. The zero-order chi connectivity index (χ0) is 69.0. The van der Waals surface area contributed by atoms with Crippen molar-refractivity contribution in [2.45, 2.75) is 257 Å². The van der Waals surface area contributed by atoms with E-state index in [2.05, 4.69) is 233 Å². The molecule has 0 N–H and O–H groups in total. The monoisotopic (exact) mass is 1310 g/mol. The molecule has 0 aliphatic rings. The number of aliphatic carboxylic acids is 1. The van der Waals surface area contributed by atoms with Gasteiger partial charge in [-0.25, -0.2) is 0 Å². The van der Waals surface area contributed by atoms with E-state index in [9.17, 15) is 19.5 Å². The summed E-state index contributed by atoms with van der Waals surface area (Å²) in [6.45, 7) is 4.45. The fraction of sp³-hybridized carbons (Fsp3) is 0.547. The molecule has 0 aromatic rings. The van der Waals surface area contributed by atoms with Gasteiger partial charge < -0.3 is 33.3 Å². The van der Waals surface area contributed by atoms with Gasteiger partial charge in [-0.05, 0) is 154 Å². The van der Waals surface area contributed by atoms with Crippen LogP contribution in [0.25, 0.3) is 0 Å². The predicted molar refractivity (Wildman–Crippen MR) is 407 cm³/mol. The highest BCUT2D eigenvalue weighted by molar-refractivity contribution is 5.70. The van der Waals surface area contributed by atoms with Crippen LogP contribution in [0, 0.1) is 0 Å². The quantitative estimate of drug-likeness (QED) is 0.0195. The number of hydrogen-bond donors (Lipinski definition) is 0. The first-order valence-corrected chi connectivity index (χ1v) is 36.9. The summed E-state index contributed by atoms with van der Waals surface area (Å²) in [7, 11) is 5.90. The van der Waals surface area contributed by atoms with Crippen molar-refractivity contribution >= 4 is 17.9 Å². The normalized spacial score (nSPS) is 14.0. The molecule has 0 spiro atoms. The van der Waals surface area contributed by atoms with E-state index < -0.39 is 24.3 Å². The molecule has 0 aromatic carbocycles. The van der Waals surface area contributed by atoms with Crippen LogP contribution in [0.15, 0.2) is 219 Å². The number of ether oxygens (including phenoxy) is 4. The molecule has 0 bridgehead atoms. The van der Waals surface area contributed by atoms with Gasteiger partial charge in [0.05, 0.1) is 40.3 Å². The number of quaternary nitrogens is 1. The summed E-state index contributed by atoms with van der Waals surface area (Å²) in [6.07, 6.45) is 113. The van der Waals surface area contributed by atoms with Crippen molar-refractivity contribution in [3.05, 3.63) is 219 Å². The van der Waals surface area contributed by atoms with Gasteiger partial charge in [-0.3, -0.25) is 9.59 Å². The minimum atomic E-state index is -1.65. The number of rotatable bonds is 65. The highest BCUT2D eigenvalue weighted by Crippen LogP contribution is 2.15. The molecule has 0 aliphatic carbocycles. The Morgan fingerprint density at radius 1 is 0.316 bits per heavy atom. The topological polar surface area (TPSA) is 111 Å². The highest BCUT2D eigenvalue weighted by atomic mass is 16.7. The zero-order valence-corrected chi connectivity index (χ0v) is 60.4. The van der Waals surface area contributed by atoms with E-state index >= 15 is 0 Å². The minimum Gasteiger partial charge on any atom is -0.545 e. The van der Waals surface area contributed by atoms with Crippen molar-refractivity contribution in [1.82, 2.24) is 0 Å². The number of hydrogen-bond acceptors (Lipinski definition) is 8. The van der Waals surface area contributed by atoms with Gasteiger partial charge in [-0.2, -0.15) is 0 Å². The number of carbonyl (C=O) groups is 3. The van der Waals surface area contributed by atoms with Crippen molar-refractivity contribution in [2.24, 2.45) is 0 Å². The highest BCUT2D eigenvalue weighted by Gasteiger charge is 2.22. The van der Waals surface area contributed by atoms with Crippen LogP contribution < -0.4 is 5.11 Å². The lowest BCUT2D eigenvalue weighted by Gasteiger charge is -2.26. The van der Waals surface area contributed by atoms with E-state index in [-0.39, 0.29) is 38.6 Å². The Labute approximate surface area is 581 Å². The van der Waals surface area contributed by atoms with Crippen LogP contribution in [0.5, 0.6) is 0 Å². The predicted octanol–water partition coefficient (Wildman–Crippen LogP) is 22.4. The number of nitrogens with zero attached hydrogens (tertiary/aromatic N) is 1. The molecule has 2 unspecified atom stereocenters. The van der Waals surface area contributed by atoms with Crippen molar-refractivity contribution < 1.29 is 42.9 Å². The summed E-state index contributed by atoms with van der Waals surface area (Å²) in [6, 6.07) is 0. The molecule has 9 nitrogen and oxygen atoms in total. The second-order valence-electron chi connectivity index (χ2n) is 24.8. The Balaban J connectivity index is 4.26. The van der Waals surface area contributed by atoms with Crippen LogP contribution in [0.4, 0.5) is 0 Å². The number of likely N-dealkylation sites (N-methyl/N-ethyl adjacent to an activating group) is 1. The van der Waals surface area contributed by atoms with E-state index in [1.165, 1.54) is 44.9 Å². The lowest BCUT2D eigenvalue weighted by atomic mass is 10.0. The van der Waals surface area contributed by atoms with Crippen molar-refractivity contribution in [2.75, 3.05) is 47.5 Å². The Morgan fingerprint density at radius 2 is 0.568 bits per heavy atom. The molecule has 530 valence electrons. The Hall–Kier alpha value is -6.39. The van der Waals surface area contributed by atoms with Crippen LogP contribution in [0.3, 0.4) is 0 Å². The number of carboxylic acids is 1. The smallest absolute Gasteiger partial charge is 0.306 e. The maximum Gasteiger partial charge on any atom is 0.306 e. The second kappa shape index (κ2) is 73.4. The van der Waals surface area contributed by atoms with E-state index in [4.69, 9.17) is 18.9 Å². The molecule has 95 heavy (non-hydrogen) atoms. The number of unbranched alkanes of at least 4 members (excludes halogenated alkanes) is 14. The molecule has 0 rings (SSSR count). The first kappa shape index (κ1) is 88.6. The summed E-state index contributed by atoms with van der Waals surface area (Å²) < 4.78 is 22.7. The number of carbonyl (C=O) groups excluding carboxylic acids is 3. The van der Waals surface area contributed by atoms with Crippen LogP contribution in [0.1, 0.15) is 245 Å². The first-order chi connectivity index (χ1) is 46.6.